The Morgan fingerprint density at radius 1 is 1.14 bits per heavy atom. The number of piperidine rings is 1. The molecule has 0 saturated carbocycles. The van der Waals surface area contributed by atoms with Crippen molar-refractivity contribution in [2.45, 2.75) is 29.7 Å². The molecule has 7 nitrogen and oxygen atoms in total. The lowest BCUT2D eigenvalue weighted by atomic mass is 10.1. The summed E-state index contributed by atoms with van der Waals surface area (Å²) in [6, 6.07) is 14.6. The van der Waals surface area contributed by atoms with Gasteiger partial charge in [0.15, 0.2) is 0 Å². The maximum absolute atomic E-state index is 12.7. The van der Waals surface area contributed by atoms with E-state index in [1.54, 1.807) is 12.1 Å². The summed E-state index contributed by atoms with van der Waals surface area (Å²) in [6.07, 6.45) is 3.08. The number of carbonyl (C=O) groups excluding carboxylic acids is 1. The van der Waals surface area contributed by atoms with E-state index >= 15 is 0 Å². The second-order valence-electron chi connectivity index (χ2n) is 8.65. The molecule has 1 aromatic heterocycles. The van der Waals surface area contributed by atoms with Crippen LogP contribution in [0.15, 0.2) is 52.9 Å². The Morgan fingerprint density at radius 2 is 1.86 bits per heavy atom. The molecule has 4 rings (SSSR count). The molecule has 1 aliphatic rings. The number of likely N-dealkylation sites (tertiary alicyclic amines) is 1. The number of hydrogen-bond acceptors (Lipinski definition) is 7. The number of hydrogen-bond donors (Lipinski definition) is 1. The third-order valence-electron chi connectivity index (χ3n) is 5.84. The fourth-order valence-electron chi connectivity index (χ4n) is 3.99. The fraction of sp³-hybridized carbons (Fsp3) is 0.360. The molecule has 1 saturated heterocycles. The lowest BCUT2D eigenvalue weighted by Gasteiger charge is -2.32. The quantitative estimate of drug-likeness (QED) is 0.402. The molecule has 1 fully saturated rings. The van der Waals surface area contributed by atoms with Gasteiger partial charge in [-0.15, -0.1) is 11.3 Å². The Hall–Kier alpha value is -2.17. The predicted molar refractivity (Wildman–Crippen MR) is 144 cm³/mol. The summed E-state index contributed by atoms with van der Waals surface area (Å²) >= 11 is 13.1. The van der Waals surface area contributed by atoms with Crippen LogP contribution in [0.3, 0.4) is 0 Å². The second kappa shape index (κ2) is 11.9. The molecule has 2 aromatic carbocycles. The van der Waals surface area contributed by atoms with Crippen LogP contribution >= 0.6 is 34.5 Å². The minimum absolute atomic E-state index is 0.0233. The first-order chi connectivity index (χ1) is 17.2. The van der Waals surface area contributed by atoms with Crippen LogP contribution < -0.4 is 10.1 Å². The van der Waals surface area contributed by atoms with Crippen LogP contribution in [0.2, 0.25) is 10.0 Å². The molecule has 1 amide bonds. The van der Waals surface area contributed by atoms with E-state index in [1.165, 1.54) is 0 Å². The molecule has 192 valence electrons. The first kappa shape index (κ1) is 26.9. The summed E-state index contributed by atoms with van der Waals surface area (Å²) in [5, 5.41) is 3.94. The Labute approximate surface area is 225 Å². The number of amides is 1. The first-order valence-corrected chi connectivity index (χ1v) is 15.0. The summed E-state index contributed by atoms with van der Waals surface area (Å²) in [6.45, 7) is 2.97. The number of nitrogens with one attached hydrogen (secondary N) is 1. The summed E-state index contributed by atoms with van der Waals surface area (Å²) in [5.41, 5.74) is 1.33. The van der Waals surface area contributed by atoms with E-state index in [0.29, 0.717) is 32.9 Å². The van der Waals surface area contributed by atoms with Crippen molar-refractivity contribution in [1.82, 2.24) is 15.2 Å². The molecule has 36 heavy (non-hydrogen) atoms. The van der Waals surface area contributed by atoms with Gasteiger partial charge < -0.3 is 15.0 Å². The smallest absolute Gasteiger partial charge is 0.225 e. The van der Waals surface area contributed by atoms with Gasteiger partial charge in [-0.2, -0.15) is 0 Å². The average molecular weight is 569 g/mol. The molecule has 11 heteroatoms. The number of benzene rings is 2. The molecule has 0 bridgehead atoms. The molecular formula is C25H27Cl2N3O4S2. The number of rotatable bonds is 9. The zero-order chi connectivity index (χ0) is 25.7. The van der Waals surface area contributed by atoms with Crippen molar-refractivity contribution in [3.05, 3.63) is 63.5 Å². The highest BCUT2D eigenvalue weighted by molar-refractivity contribution is 7.92. The van der Waals surface area contributed by atoms with Crippen molar-refractivity contribution >= 4 is 50.3 Å². The highest BCUT2D eigenvalue weighted by Crippen LogP contribution is 2.31. The normalized spacial score (nSPS) is 15.1. The van der Waals surface area contributed by atoms with Gasteiger partial charge in [-0.25, -0.2) is 13.4 Å². The minimum atomic E-state index is -3.46. The van der Waals surface area contributed by atoms with Crippen molar-refractivity contribution < 1.29 is 17.9 Å². The van der Waals surface area contributed by atoms with Gasteiger partial charge in [0, 0.05) is 48.9 Å². The van der Waals surface area contributed by atoms with Crippen molar-refractivity contribution in [2.75, 3.05) is 32.4 Å². The number of nitrogens with zero attached hydrogens (tertiary/aromatic N) is 2. The van der Waals surface area contributed by atoms with Crippen molar-refractivity contribution in [1.29, 1.82) is 0 Å². The minimum Gasteiger partial charge on any atom is -0.490 e. The van der Waals surface area contributed by atoms with Crippen LogP contribution in [-0.2, 0) is 21.1 Å². The van der Waals surface area contributed by atoms with Gasteiger partial charge in [0.05, 0.1) is 22.2 Å². The molecule has 3 aromatic rings. The van der Waals surface area contributed by atoms with Crippen LogP contribution in [-0.4, -0.2) is 62.7 Å². The molecule has 0 unspecified atom stereocenters. The van der Waals surface area contributed by atoms with Gasteiger partial charge in [-0.3, -0.25) is 4.79 Å². The highest BCUT2D eigenvalue weighted by Gasteiger charge is 2.22. The van der Waals surface area contributed by atoms with Gasteiger partial charge in [0.1, 0.15) is 11.9 Å². The van der Waals surface area contributed by atoms with Crippen molar-refractivity contribution in [3.63, 3.8) is 0 Å². The molecule has 0 radical (unpaired) electrons. The molecule has 2 heterocycles. The first-order valence-electron chi connectivity index (χ1n) is 11.5. The zero-order valence-corrected chi connectivity index (χ0v) is 22.9. The SMILES string of the molecule is CS(=O)(=O)c1nc(-c2ccccc2)c(CC(=O)NCCN2CCC(Oc3ccc(Cl)c(Cl)c3)CC2)s1. The summed E-state index contributed by atoms with van der Waals surface area (Å²) in [5.74, 6) is 0.556. The summed E-state index contributed by atoms with van der Waals surface area (Å²) < 4.78 is 30.1. The number of sulfone groups is 1. The maximum atomic E-state index is 12.7. The van der Waals surface area contributed by atoms with E-state index in [9.17, 15) is 13.2 Å². The van der Waals surface area contributed by atoms with E-state index in [-0.39, 0.29) is 22.8 Å². The van der Waals surface area contributed by atoms with Crippen molar-refractivity contribution in [2.24, 2.45) is 0 Å². The summed E-state index contributed by atoms with van der Waals surface area (Å²) in [7, 11) is -3.46. The van der Waals surface area contributed by atoms with Gasteiger partial charge in [-0.1, -0.05) is 53.5 Å². The Bertz CT molecular complexity index is 1310. The van der Waals surface area contributed by atoms with Crippen LogP contribution in [0.4, 0.5) is 0 Å². The van der Waals surface area contributed by atoms with Gasteiger partial charge >= 0.3 is 0 Å². The van der Waals surface area contributed by atoms with Gasteiger partial charge in [0.2, 0.25) is 20.1 Å². The number of ether oxygens (including phenoxy) is 1. The number of carbonyl (C=O) groups is 1. The molecule has 1 aliphatic heterocycles. The Kier molecular flexibility index (Phi) is 8.90. The van der Waals surface area contributed by atoms with E-state index in [0.717, 1.165) is 55.6 Å². The average Bonchev–Trinajstić information content (AvgIpc) is 3.27. The van der Waals surface area contributed by atoms with Crippen molar-refractivity contribution in [3.8, 4) is 17.0 Å². The van der Waals surface area contributed by atoms with Crippen LogP contribution in [0.5, 0.6) is 5.75 Å². The molecule has 0 atom stereocenters. The van der Waals surface area contributed by atoms with Crippen LogP contribution in [0.25, 0.3) is 11.3 Å². The third kappa shape index (κ3) is 7.20. The molecule has 0 aliphatic carbocycles. The van der Waals surface area contributed by atoms with Crippen LogP contribution in [0.1, 0.15) is 17.7 Å². The highest BCUT2D eigenvalue weighted by atomic mass is 35.5. The van der Waals surface area contributed by atoms with Gasteiger partial charge in [0.25, 0.3) is 0 Å². The van der Waals surface area contributed by atoms with Crippen LogP contribution in [0, 0.1) is 0 Å². The number of thiazole rings is 1. The van der Waals surface area contributed by atoms with E-state index < -0.39 is 9.84 Å². The fourth-order valence-corrected chi connectivity index (χ4v) is 6.25. The lowest BCUT2D eigenvalue weighted by Crippen LogP contribution is -2.42. The maximum Gasteiger partial charge on any atom is 0.225 e. The standard InChI is InChI=1S/C25H27Cl2N3O4S2/c1-36(32,33)25-29-24(17-5-3-2-4-6-17)22(35-25)16-23(31)28-11-14-30-12-9-18(10-13-30)34-19-7-8-20(26)21(27)15-19/h2-8,15,18H,9-14,16H2,1H3,(H,28,31). The molecule has 1 N–H and O–H groups in total. The largest absolute Gasteiger partial charge is 0.490 e. The zero-order valence-electron chi connectivity index (χ0n) is 19.7. The lowest BCUT2D eigenvalue weighted by molar-refractivity contribution is -0.120. The van der Waals surface area contributed by atoms with E-state index in [2.05, 4.69) is 15.2 Å². The number of halogens is 2. The summed E-state index contributed by atoms with van der Waals surface area (Å²) in [4.78, 5) is 19.9. The van der Waals surface area contributed by atoms with Gasteiger partial charge in [-0.05, 0) is 25.0 Å². The molecular weight excluding hydrogens is 541 g/mol. The molecule has 0 spiro atoms. The monoisotopic (exact) mass is 567 g/mol. The second-order valence-corrected chi connectivity index (χ2v) is 12.7. The van der Waals surface area contributed by atoms with E-state index in [4.69, 9.17) is 27.9 Å². The topological polar surface area (TPSA) is 88.6 Å². The third-order valence-corrected chi connectivity index (χ3v) is 9.31. The predicted octanol–water partition coefficient (Wildman–Crippen LogP) is 4.72. The number of aromatic nitrogens is 1. The van der Waals surface area contributed by atoms with E-state index in [1.807, 2.05) is 36.4 Å². The Morgan fingerprint density at radius 3 is 2.53 bits per heavy atom. The Balaban J connectivity index is 1.25.